The van der Waals surface area contributed by atoms with Crippen LogP contribution in [0.4, 0.5) is 5.69 Å². The minimum atomic E-state index is -0.202. The fourth-order valence-corrected chi connectivity index (χ4v) is 2.28. The standard InChI is InChI=1S/C14H22BrN3O2/c1-5-7-18-13(20)12(15)10(9-16-18)17-11(6-8-19)14(2,3)4/h5,9,11,17,19H,1,6-8H2,2-4H3. The largest absolute Gasteiger partial charge is 0.396 e. The van der Waals surface area contributed by atoms with Crippen LogP contribution >= 0.6 is 15.9 Å². The van der Waals surface area contributed by atoms with Crippen molar-refractivity contribution in [2.24, 2.45) is 5.41 Å². The molecule has 1 rings (SSSR count). The van der Waals surface area contributed by atoms with Crippen LogP contribution in [0.3, 0.4) is 0 Å². The summed E-state index contributed by atoms with van der Waals surface area (Å²) < 4.78 is 1.78. The molecule has 1 aromatic heterocycles. The van der Waals surface area contributed by atoms with Crippen molar-refractivity contribution in [3.8, 4) is 0 Å². The van der Waals surface area contributed by atoms with Crippen LogP contribution in [0, 0.1) is 5.41 Å². The second-order valence-electron chi connectivity index (χ2n) is 5.72. The second-order valence-corrected chi connectivity index (χ2v) is 6.52. The Bertz CT molecular complexity index is 520. The lowest BCUT2D eigenvalue weighted by molar-refractivity contribution is 0.235. The van der Waals surface area contributed by atoms with E-state index in [-0.39, 0.29) is 23.6 Å². The zero-order chi connectivity index (χ0) is 15.3. The first-order valence-corrected chi connectivity index (χ1v) is 7.34. The highest BCUT2D eigenvalue weighted by atomic mass is 79.9. The second kappa shape index (κ2) is 7.04. The van der Waals surface area contributed by atoms with Crippen LogP contribution in [-0.2, 0) is 6.54 Å². The Labute approximate surface area is 127 Å². The number of hydrogen-bond donors (Lipinski definition) is 2. The van der Waals surface area contributed by atoms with Gasteiger partial charge in [-0.3, -0.25) is 4.79 Å². The predicted molar refractivity (Wildman–Crippen MR) is 85.0 cm³/mol. The highest BCUT2D eigenvalue weighted by Gasteiger charge is 2.25. The van der Waals surface area contributed by atoms with E-state index in [4.69, 9.17) is 0 Å². The molecule has 1 heterocycles. The van der Waals surface area contributed by atoms with Gasteiger partial charge in [-0.05, 0) is 27.8 Å². The molecular formula is C14H22BrN3O2. The molecule has 0 aliphatic rings. The van der Waals surface area contributed by atoms with Gasteiger partial charge in [0.1, 0.15) is 4.47 Å². The minimum absolute atomic E-state index is 0.0419. The van der Waals surface area contributed by atoms with Gasteiger partial charge in [-0.15, -0.1) is 6.58 Å². The lowest BCUT2D eigenvalue weighted by atomic mass is 9.85. The van der Waals surface area contributed by atoms with Crippen molar-refractivity contribution in [2.75, 3.05) is 11.9 Å². The number of halogens is 1. The molecule has 0 saturated carbocycles. The van der Waals surface area contributed by atoms with Crippen molar-refractivity contribution < 1.29 is 5.11 Å². The Hall–Kier alpha value is -1.14. The zero-order valence-corrected chi connectivity index (χ0v) is 13.8. The van der Waals surface area contributed by atoms with Crippen molar-refractivity contribution >= 4 is 21.6 Å². The molecule has 0 bridgehead atoms. The molecule has 0 spiro atoms. The van der Waals surface area contributed by atoms with Crippen LogP contribution in [0.15, 0.2) is 28.1 Å². The Balaban J connectivity index is 3.05. The Morgan fingerprint density at radius 1 is 1.60 bits per heavy atom. The SMILES string of the molecule is C=CCn1ncc(NC(CCO)C(C)(C)C)c(Br)c1=O. The summed E-state index contributed by atoms with van der Waals surface area (Å²) in [5.41, 5.74) is 0.397. The molecule has 5 nitrogen and oxygen atoms in total. The Morgan fingerprint density at radius 3 is 2.75 bits per heavy atom. The van der Waals surface area contributed by atoms with E-state index in [0.717, 1.165) is 0 Å². The molecule has 112 valence electrons. The average molecular weight is 344 g/mol. The molecule has 0 saturated heterocycles. The maximum atomic E-state index is 12.1. The predicted octanol–water partition coefficient (Wildman–Crippen LogP) is 2.40. The van der Waals surface area contributed by atoms with E-state index in [2.05, 4.69) is 53.7 Å². The molecule has 0 aromatic carbocycles. The van der Waals surface area contributed by atoms with Crippen molar-refractivity contribution in [3.63, 3.8) is 0 Å². The molecule has 1 atom stereocenters. The van der Waals surface area contributed by atoms with E-state index in [1.165, 1.54) is 4.68 Å². The fourth-order valence-electron chi connectivity index (χ4n) is 1.86. The molecular weight excluding hydrogens is 322 g/mol. The van der Waals surface area contributed by atoms with Crippen LogP contribution in [0.2, 0.25) is 0 Å². The van der Waals surface area contributed by atoms with Gasteiger partial charge in [0, 0.05) is 12.6 Å². The average Bonchev–Trinajstić information content (AvgIpc) is 2.36. The first-order chi connectivity index (χ1) is 9.31. The normalized spacial score (nSPS) is 13.1. The van der Waals surface area contributed by atoms with E-state index in [0.29, 0.717) is 23.1 Å². The van der Waals surface area contributed by atoms with Gasteiger partial charge in [-0.2, -0.15) is 5.10 Å². The highest BCUT2D eigenvalue weighted by Crippen LogP contribution is 2.27. The van der Waals surface area contributed by atoms with Gasteiger partial charge >= 0.3 is 0 Å². The van der Waals surface area contributed by atoms with Gasteiger partial charge in [-0.25, -0.2) is 4.68 Å². The van der Waals surface area contributed by atoms with Crippen LogP contribution < -0.4 is 10.9 Å². The maximum Gasteiger partial charge on any atom is 0.283 e. The van der Waals surface area contributed by atoms with E-state index in [1.54, 1.807) is 12.3 Å². The van der Waals surface area contributed by atoms with E-state index >= 15 is 0 Å². The number of rotatable bonds is 6. The first kappa shape index (κ1) is 16.9. The van der Waals surface area contributed by atoms with Gasteiger partial charge in [0.25, 0.3) is 5.56 Å². The summed E-state index contributed by atoms with van der Waals surface area (Å²) in [6.07, 6.45) is 3.84. The number of aliphatic hydroxyl groups is 1. The number of aromatic nitrogens is 2. The molecule has 0 aliphatic carbocycles. The number of allylic oxidation sites excluding steroid dienone is 1. The number of nitrogens with one attached hydrogen (secondary N) is 1. The van der Waals surface area contributed by atoms with Gasteiger partial charge in [0.2, 0.25) is 0 Å². The van der Waals surface area contributed by atoms with Crippen LogP contribution in [0.1, 0.15) is 27.2 Å². The minimum Gasteiger partial charge on any atom is -0.396 e. The molecule has 6 heteroatoms. The smallest absolute Gasteiger partial charge is 0.283 e. The summed E-state index contributed by atoms with van der Waals surface area (Å²) in [5.74, 6) is 0. The molecule has 0 fully saturated rings. The van der Waals surface area contributed by atoms with E-state index in [9.17, 15) is 9.90 Å². The highest BCUT2D eigenvalue weighted by molar-refractivity contribution is 9.10. The van der Waals surface area contributed by atoms with Gasteiger partial charge in [0.15, 0.2) is 0 Å². The monoisotopic (exact) mass is 343 g/mol. The number of anilines is 1. The van der Waals surface area contributed by atoms with Crippen LogP contribution in [0.5, 0.6) is 0 Å². The summed E-state index contributed by atoms with van der Waals surface area (Å²) >= 11 is 3.31. The molecule has 2 N–H and O–H groups in total. The van der Waals surface area contributed by atoms with E-state index in [1.807, 2.05) is 0 Å². The summed E-state index contributed by atoms with van der Waals surface area (Å²) in [4.78, 5) is 12.1. The summed E-state index contributed by atoms with van der Waals surface area (Å²) in [6, 6.07) is 0.0419. The fraction of sp³-hybridized carbons (Fsp3) is 0.571. The third-order valence-electron chi connectivity index (χ3n) is 3.08. The number of aliphatic hydroxyl groups excluding tert-OH is 1. The summed E-state index contributed by atoms with van der Waals surface area (Å²) in [5, 5.41) is 16.6. The summed E-state index contributed by atoms with van der Waals surface area (Å²) in [7, 11) is 0. The Morgan fingerprint density at radius 2 is 2.25 bits per heavy atom. The summed E-state index contributed by atoms with van der Waals surface area (Å²) in [6.45, 7) is 10.3. The molecule has 0 amide bonds. The molecule has 1 unspecified atom stereocenters. The van der Waals surface area contributed by atoms with Crippen molar-refractivity contribution in [1.82, 2.24) is 9.78 Å². The topological polar surface area (TPSA) is 67.2 Å². The quantitative estimate of drug-likeness (QED) is 0.778. The van der Waals surface area contributed by atoms with Crippen molar-refractivity contribution in [1.29, 1.82) is 0 Å². The van der Waals surface area contributed by atoms with E-state index < -0.39 is 0 Å². The lowest BCUT2D eigenvalue weighted by Crippen LogP contribution is -2.36. The first-order valence-electron chi connectivity index (χ1n) is 6.55. The zero-order valence-electron chi connectivity index (χ0n) is 12.2. The molecule has 1 aromatic rings. The molecule has 0 aliphatic heterocycles. The van der Waals surface area contributed by atoms with Gasteiger partial charge < -0.3 is 10.4 Å². The molecule has 0 radical (unpaired) electrons. The van der Waals surface area contributed by atoms with Crippen LogP contribution in [-0.4, -0.2) is 27.5 Å². The lowest BCUT2D eigenvalue weighted by Gasteiger charge is -2.32. The Kier molecular flexibility index (Phi) is 5.95. The maximum absolute atomic E-state index is 12.1. The number of nitrogens with zero attached hydrogens (tertiary/aromatic N) is 2. The van der Waals surface area contributed by atoms with Crippen LogP contribution in [0.25, 0.3) is 0 Å². The van der Waals surface area contributed by atoms with Gasteiger partial charge in [0.05, 0.1) is 18.4 Å². The third-order valence-corrected chi connectivity index (χ3v) is 3.85. The van der Waals surface area contributed by atoms with Crippen molar-refractivity contribution in [2.45, 2.75) is 39.8 Å². The molecule has 20 heavy (non-hydrogen) atoms. The van der Waals surface area contributed by atoms with Crippen molar-refractivity contribution in [3.05, 3.63) is 33.7 Å². The van der Waals surface area contributed by atoms with Gasteiger partial charge in [-0.1, -0.05) is 26.8 Å². The third kappa shape index (κ3) is 4.18. The number of hydrogen-bond acceptors (Lipinski definition) is 4.